The highest BCUT2D eigenvalue weighted by Gasteiger charge is 2.60. The van der Waals surface area contributed by atoms with Crippen molar-refractivity contribution in [1.29, 1.82) is 0 Å². The monoisotopic (exact) mass is 385 g/mol. The number of nitro groups is 1. The number of nitro benzene ring substituents is 1. The molecule has 1 fully saturated rings. The standard InChI is InChI=1S/C23H19N3O3/c27-22(25-24-16-17-8-7-13-20(14-17)26(28)29)21-15-23(21,18-9-3-1-4-10-18)19-11-5-2-6-12-19/h1-14,16,21H,15H2,(H,25,27). The number of benzene rings is 3. The molecule has 0 aliphatic heterocycles. The van der Waals surface area contributed by atoms with Gasteiger partial charge >= 0.3 is 0 Å². The minimum Gasteiger partial charge on any atom is -0.273 e. The van der Waals surface area contributed by atoms with Gasteiger partial charge in [0, 0.05) is 23.1 Å². The number of carbonyl (C=O) groups is 1. The Hall–Kier alpha value is -3.80. The number of hydrogen-bond acceptors (Lipinski definition) is 4. The molecule has 6 heteroatoms. The Morgan fingerprint density at radius 3 is 2.21 bits per heavy atom. The van der Waals surface area contributed by atoms with Gasteiger partial charge in [-0.15, -0.1) is 0 Å². The molecule has 1 amide bonds. The van der Waals surface area contributed by atoms with Gasteiger partial charge in [-0.2, -0.15) is 5.10 Å². The SMILES string of the molecule is O=C(NN=Cc1cccc([N+](=O)[O-])c1)C1CC1(c1ccccc1)c1ccccc1. The summed E-state index contributed by atoms with van der Waals surface area (Å²) in [5, 5.41) is 14.9. The molecule has 1 saturated carbocycles. The van der Waals surface area contributed by atoms with Gasteiger partial charge in [-0.05, 0) is 17.5 Å². The molecule has 3 aromatic rings. The van der Waals surface area contributed by atoms with E-state index in [1.807, 2.05) is 60.7 Å². The Morgan fingerprint density at radius 2 is 1.62 bits per heavy atom. The first-order chi connectivity index (χ1) is 14.1. The molecule has 3 aromatic carbocycles. The minimum atomic E-state index is -0.464. The van der Waals surface area contributed by atoms with Crippen molar-refractivity contribution < 1.29 is 9.72 Å². The molecule has 29 heavy (non-hydrogen) atoms. The highest BCUT2D eigenvalue weighted by molar-refractivity contribution is 5.88. The second-order valence-corrected chi connectivity index (χ2v) is 7.05. The summed E-state index contributed by atoms with van der Waals surface area (Å²) >= 11 is 0. The zero-order chi connectivity index (χ0) is 20.3. The van der Waals surface area contributed by atoms with E-state index in [4.69, 9.17) is 0 Å². The predicted molar refractivity (Wildman–Crippen MR) is 111 cm³/mol. The molecular weight excluding hydrogens is 366 g/mol. The molecule has 1 N–H and O–H groups in total. The van der Waals surface area contributed by atoms with Crippen molar-refractivity contribution in [3.8, 4) is 0 Å². The second-order valence-electron chi connectivity index (χ2n) is 7.05. The summed E-state index contributed by atoms with van der Waals surface area (Å²) in [6, 6.07) is 26.1. The summed E-state index contributed by atoms with van der Waals surface area (Å²) in [5.41, 5.74) is 4.98. The van der Waals surface area contributed by atoms with Crippen molar-refractivity contribution in [2.75, 3.05) is 0 Å². The lowest BCUT2D eigenvalue weighted by Crippen LogP contribution is -2.25. The topological polar surface area (TPSA) is 84.6 Å². The molecule has 0 saturated heterocycles. The lowest BCUT2D eigenvalue weighted by atomic mass is 9.85. The summed E-state index contributed by atoms with van der Waals surface area (Å²) in [5.74, 6) is -0.394. The fourth-order valence-electron chi connectivity index (χ4n) is 3.82. The van der Waals surface area contributed by atoms with E-state index in [0.29, 0.717) is 12.0 Å². The number of hydrogen-bond donors (Lipinski definition) is 1. The van der Waals surface area contributed by atoms with Crippen LogP contribution in [0.25, 0.3) is 0 Å². The van der Waals surface area contributed by atoms with Crippen LogP contribution in [0, 0.1) is 16.0 Å². The van der Waals surface area contributed by atoms with Gasteiger partial charge in [0.15, 0.2) is 0 Å². The third-order valence-electron chi connectivity index (χ3n) is 5.32. The highest BCUT2D eigenvalue weighted by atomic mass is 16.6. The number of rotatable bonds is 6. The Labute approximate surface area is 168 Å². The first-order valence-electron chi connectivity index (χ1n) is 9.30. The van der Waals surface area contributed by atoms with Crippen molar-refractivity contribution in [3.05, 3.63) is 112 Å². The Bertz CT molecular complexity index is 1030. The summed E-state index contributed by atoms with van der Waals surface area (Å²) < 4.78 is 0. The van der Waals surface area contributed by atoms with Gasteiger partial charge in [-0.3, -0.25) is 14.9 Å². The van der Waals surface area contributed by atoms with Crippen molar-refractivity contribution in [2.45, 2.75) is 11.8 Å². The summed E-state index contributed by atoms with van der Waals surface area (Å²) in [4.78, 5) is 23.2. The average molecular weight is 385 g/mol. The number of amides is 1. The Morgan fingerprint density at radius 1 is 1.00 bits per heavy atom. The van der Waals surface area contributed by atoms with Crippen molar-refractivity contribution >= 4 is 17.8 Å². The Balaban J connectivity index is 1.52. The van der Waals surface area contributed by atoms with Crippen LogP contribution in [0.2, 0.25) is 0 Å². The maximum Gasteiger partial charge on any atom is 0.270 e. The van der Waals surface area contributed by atoms with Gasteiger partial charge in [0.05, 0.1) is 17.1 Å². The number of carbonyl (C=O) groups excluding carboxylic acids is 1. The van der Waals surface area contributed by atoms with E-state index in [9.17, 15) is 14.9 Å². The van der Waals surface area contributed by atoms with Crippen LogP contribution in [0.5, 0.6) is 0 Å². The van der Waals surface area contributed by atoms with E-state index >= 15 is 0 Å². The van der Waals surface area contributed by atoms with E-state index in [-0.39, 0.29) is 22.9 Å². The van der Waals surface area contributed by atoms with Crippen LogP contribution in [0.15, 0.2) is 90.0 Å². The number of nitrogens with zero attached hydrogens (tertiary/aromatic N) is 2. The molecule has 0 bridgehead atoms. The number of nitrogens with one attached hydrogen (secondary N) is 1. The van der Waals surface area contributed by atoms with Gasteiger partial charge < -0.3 is 0 Å². The van der Waals surface area contributed by atoms with Gasteiger partial charge in [0.1, 0.15) is 0 Å². The first-order valence-corrected chi connectivity index (χ1v) is 9.30. The number of non-ortho nitro benzene ring substituents is 1. The highest BCUT2D eigenvalue weighted by Crippen LogP contribution is 2.58. The zero-order valence-corrected chi connectivity index (χ0v) is 15.6. The van der Waals surface area contributed by atoms with Crippen LogP contribution >= 0.6 is 0 Å². The van der Waals surface area contributed by atoms with E-state index in [0.717, 1.165) is 11.1 Å². The van der Waals surface area contributed by atoms with Crippen LogP contribution in [0.4, 0.5) is 5.69 Å². The molecule has 0 spiro atoms. The van der Waals surface area contributed by atoms with Gasteiger partial charge in [-0.25, -0.2) is 5.43 Å². The average Bonchev–Trinajstić information content (AvgIpc) is 3.52. The van der Waals surface area contributed by atoms with Crippen LogP contribution in [0.3, 0.4) is 0 Å². The van der Waals surface area contributed by atoms with Crippen LogP contribution in [0.1, 0.15) is 23.1 Å². The largest absolute Gasteiger partial charge is 0.273 e. The zero-order valence-electron chi connectivity index (χ0n) is 15.6. The van der Waals surface area contributed by atoms with Gasteiger partial charge in [0.25, 0.3) is 5.69 Å². The van der Waals surface area contributed by atoms with Crippen molar-refractivity contribution in [2.24, 2.45) is 11.0 Å². The molecule has 144 valence electrons. The molecular formula is C23H19N3O3. The van der Waals surface area contributed by atoms with Gasteiger partial charge in [-0.1, -0.05) is 72.8 Å². The summed E-state index contributed by atoms with van der Waals surface area (Å²) in [6.45, 7) is 0. The van der Waals surface area contributed by atoms with Crippen LogP contribution in [-0.4, -0.2) is 17.0 Å². The third-order valence-corrected chi connectivity index (χ3v) is 5.32. The first kappa shape index (κ1) is 18.6. The lowest BCUT2D eigenvalue weighted by Gasteiger charge is -2.18. The molecule has 1 unspecified atom stereocenters. The van der Waals surface area contributed by atoms with E-state index in [2.05, 4.69) is 10.5 Å². The van der Waals surface area contributed by atoms with E-state index in [1.165, 1.54) is 18.3 Å². The fraction of sp³-hybridized carbons (Fsp3) is 0.130. The molecule has 6 nitrogen and oxygen atoms in total. The molecule has 4 rings (SSSR count). The minimum absolute atomic E-state index is 0.0189. The Kier molecular flexibility index (Phi) is 4.91. The van der Waals surface area contributed by atoms with Crippen molar-refractivity contribution in [1.82, 2.24) is 5.43 Å². The molecule has 1 aliphatic rings. The van der Waals surface area contributed by atoms with Gasteiger partial charge in [0.2, 0.25) is 5.91 Å². The quantitative estimate of drug-likeness (QED) is 0.395. The van der Waals surface area contributed by atoms with Crippen LogP contribution in [-0.2, 0) is 10.2 Å². The smallest absolute Gasteiger partial charge is 0.270 e. The molecule has 1 atom stereocenters. The summed E-state index contributed by atoms with van der Waals surface area (Å²) in [7, 11) is 0. The maximum atomic E-state index is 12.8. The molecule has 0 radical (unpaired) electrons. The predicted octanol–water partition coefficient (Wildman–Crippen LogP) is 4.05. The van der Waals surface area contributed by atoms with Crippen LogP contribution < -0.4 is 5.43 Å². The lowest BCUT2D eigenvalue weighted by molar-refractivity contribution is -0.384. The fourth-order valence-corrected chi connectivity index (χ4v) is 3.82. The molecule has 0 heterocycles. The summed E-state index contributed by atoms with van der Waals surface area (Å²) in [6.07, 6.45) is 2.12. The molecule has 0 aromatic heterocycles. The molecule has 1 aliphatic carbocycles. The number of hydrazone groups is 1. The van der Waals surface area contributed by atoms with E-state index in [1.54, 1.807) is 12.1 Å². The van der Waals surface area contributed by atoms with E-state index < -0.39 is 4.92 Å². The normalized spacial score (nSPS) is 17.0. The third kappa shape index (κ3) is 3.65. The van der Waals surface area contributed by atoms with Crippen molar-refractivity contribution in [3.63, 3.8) is 0 Å². The second kappa shape index (κ2) is 7.67. The maximum absolute atomic E-state index is 12.8.